The summed E-state index contributed by atoms with van der Waals surface area (Å²) in [7, 11) is 0. The van der Waals surface area contributed by atoms with Crippen molar-refractivity contribution in [2.24, 2.45) is 0 Å². The van der Waals surface area contributed by atoms with E-state index in [1.54, 1.807) is 0 Å². The molecule has 1 aromatic carbocycles. The van der Waals surface area contributed by atoms with Gasteiger partial charge in [-0.15, -0.1) is 0 Å². The molecule has 0 spiro atoms. The Morgan fingerprint density at radius 1 is 1.32 bits per heavy atom. The van der Waals surface area contributed by atoms with Gasteiger partial charge in [-0.2, -0.15) is 0 Å². The average molecular weight is 274 g/mol. The summed E-state index contributed by atoms with van der Waals surface area (Å²) in [6, 6.07) is 5.65. The first-order chi connectivity index (χ1) is 9.24. The second-order valence-corrected chi connectivity index (χ2v) is 4.81. The van der Waals surface area contributed by atoms with Crippen LogP contribution in [0.5, 0.6) is 0 Å². The van der Waals surface area contributed by atoms with Crippen molar-refractivity contribution in [2.45, 2.75) is 6.61 Å². The van der Waals surface area contributed by atoms with Crippen molar-refractivity contribution in [2.75, 3.05) is 0 Å². The van der Waals surface area contributed by atoms with Crippen LogP contribution in [0.15, 0.2) is 24.4 Å². The van der Waals surface area contributed by atoms with E-state index in [1.807, 2.05) is 24.4 Å². The molecule has 1 aliphatic heterocycles. The van der Waals surface area contributed by atoms with Gasteiger partial charge in [0, 0.05) is 22.4 Å². The van der Waals surface area contributed by atoms with Crippen LogP contribution in [0.3, 0.4) is 0 Å². The van der Waals surface area contributed by atoms with E-state index >= 15 is 0 Å². The van der Waals surface area contributed by atoms with Gasteiger partial charge >= 0.3 is 0 Å². The zero-order valence-corrected chi connectivity index (χ0v) is 10.4. The molecule has 0 radical (unpaired) electrons. The maximum Gasteiger partial charge on any atom is 0.277 e. The highest BCUT2D eigenvalue weighted by Gasteiger charge is 2.24. The Labute approximate surface area is 112 Å². The molecule has 19 heavy (non-hydrogen) atoms. The lowest BCUT2D eigenvalue weighted by Crippen LogP contribution is -2.29. The number of nitrogens with zero attached hydrogens (tertiary/aromatic N) is 1. The summed E-state index contributed by atoms with van der Waals surface area (Å²) in [5.74, 6) is -0.253. The van der Waals surface area contributed by atoms with Gasteiger partial charge in [0.05, 0.1) is 16.8 Å². The number of H-pyrrole nitrogens is 1. The molecule has 1 aliphatic rings. The number of hydrogen-bond acceptors (Lipinski definition) is 3. The molecule has 0 aliphatic carbocycles. The molecule has 3 heterocycles. The molecule has 0 atom stereocenters. The molecule has 6 heteroatoms. The Morgan fingerprint density at radius 2 is 2.21 bits per heavy atom. The van der Waals surface area contributed by atoms with Crippen LogP contribution in [0.2, 0.25) is 5.15 Å². The van der Waals surface area contributed by atoms with Gasteiger partial charge in [-0.25, -0.2) is 10.5 Å². The highest BCUT2D eigenvalue weighted by molar-refractivity contribution is 6.30. The zero-order valence-electron chi connectivity index (χ0n) is 9.66. The van der Waals surface area contributed by atoms with Gasteiger partial charge in [-0.3, -0.25) is 9.63 Å². The number of carbonyl (C=O) groups excluding carboxylic acids is 1. The third kappa shape index (κ3) is 1.46. The fraction of sp³-hybridized carbons (Fsp3) is 0.0769. The van der Waals surface area contributed by atoms with E-state index in [0.29, 0.717) is 16.4 Å². The fourth-order valence-corrected chi connectivity index (χ4v) is 2.63. The number of hydroxylamine groups is 1. The Morgan fingerprint density at radius 3 is 3.11 bits per heavy atom. The summed E-state index contributed by atoms with van der Waals surface area (Å²) in [5.41, 5.74) is 4.39. The average Bonchev–Trinajstić information content (AvgIpc) is 2.79. The lowest BCUT2D eigenvalue weighted by atomic mass is 10.1. The fourth-order valence-electron chi connectivity index (χ4n) is 2.46. The Hall–Kier alpha value is -2.11. The standard InChI is InChI=1S/C13H8ClN3O2/c14-10-3-8-6(4-15-10)1-2-7-11-9(16-12(7)8)5-19-17-13(11)18/h1-4,15H,5H2,(H,17,18). The predicted octanol–water partition coefficient (Wildman–Crippen LogP) is 2.54. The second kappa shape index (κ2) is 3.69. The van der Waals surface area contributed by atoms with Crippen LogP contribution >= 0.6 is 11.6 Å². The molecule has 0 bridgehead atoms. The molecular formula is C13H8ClN3O2. The molecule has 94 valence electrons. The molecule has 2 N–H and O–H groups in total. The molecule has 0 fully saturated rings. The lowest BCUT2D eigenvalue weighted by Gasteiger charge is -2.11. The first kappa shape index (κ1) is 10.8. The highest BCUT2D eigenvalue weighted by Crippen LogP contribution is 2.31. The number of nitrogens with one attached hydrogen (secondary N) is 2. The van der Waals surface area contributed by atoms with Gasteiger partial charge in [0.25, 0.3) is 5.91 Å². The first-order valence-electron chi connectivity index (χ1n) is 5.75. The number of aromatic amines is 1. The maximum atomic E-state index is 11.9. The molecule has 5 nitrogen and oxygen atoms in total. The monoisotopic (exact) mass is 273 g/mol. The summed E-state index contributed by atoms with van der Waals surface area (Å²) < 4.78 is 0. The molecule has 0 saturated carbocycles. The van der Waals surface area contributed by atoms with Crippen molar-refractivity contribution in [3.8, 4) is 0 Å². The first-order valence-corrected chi connectivity index (χ1v) is 6.13. The Balaban J connectivity index is 2.17. The van der Waals surface area contributed by atoms with Crippen molar-refractivity contribution < 1.29 is 9.63 Å². The normalized spacial score (nSPS) is 14.7. The number of fused-ring (bicyclic) bond motifs is 5. The van der Waals surface area contributed by atoms with Gasteiger partial charge < -0.3 is 4.98 Å². The quantitative estimate of drug-likeness (QED) is 0.619. The molecule has 4 rings (SSSR count). The minimum atomic E-state index is -0.253. The van der Waals surface area contributed by atoms with Crippen LogP contribution in [0.4, 0.5) is 0 Å². The summed E-state index contributed by atoms with van der Waals surface area (Å²) in [5, 5.41) is 3.27. The van der Waals surface area contributed by atoms with E-state index in [-0.39, 0.29) is 12.5 Å². The summed E-state index contributed by atoms with van der Waals surface area (Å²) >= 11 is 5.99. The van der Waals surface area contributed by atoms with Crippen LogP contribution in [-0.4, -0.2) is 15.9 Å². The molecule has 3 aromatic rings. The lowest BCUT2D eigenvalue weighted by molar-refractivity contribution is 0.0145. The minimum Gasteiger partial charge on any atom is -0.352 e. The predicted molar refractivity (Wildman–Crippen MR) is 70.9 cm³/mol. The van der Waals surface area contributed by atoms with Crippen molar-refractivity contribution in [1.82, 2.24) is 15.4 Å². The van der Waals surface area contributed by atoms with Crippen LogP contribution < -0.4 is 5.48 Å². The van der Waals surface area contributed by atoms with Crippen LogP contribution in [0.25, 0.3) is 21.7 Å². The summed E-state index contributed by atoms with van der Waals surface area (Å²) in [4.78, 5) is 24.3. The van der Waals surface area contributed by atoms with Crippen LogP contribution in [0.1, 0.15) is 16.1 Å². The number of pyridine rings is 1. The smallest absolute Gasteiger partial charge is 0.277 e. The van der Waals surface area contributed by atoms with Crippen LogP contribution in [0, 0.1) is 0 Å². The maximum absolute atomic E-state index is 11.9. The van der Waals surface area contributed by atoms with Gasteiger partial charge in [-0.05, 0) is 6.07 Å². The van der Waals surface area contributed by atoms with Crippen molar-refractivity contribution in [3.05, 3.63) is 40.8 Å². The van der Waals surface area contributed by atoms with E-state index in [2.05, 4.69) is 15.4 Å². The van der Waals surface area contributed by atoms with Gasteiger partial charge in [-0.1, -0.05) is 23.7 Å². The van der Waals surface area contributed by atoms with Crippen molar-refractivity contribution >= 4 is 39.2 Å². The molecule has 0 saturated heterocycles. The topological polar surface area (TPSA) is 67.0 Å². The number of amides is 1. The molecule has 1 amide bonds. The second-order valence-electron chi connectivity index (χ2n) is 4.40. The van der Waals surface area contributed by atoms with E-state index in [0.717, 1.165) is 21.7 Å². The Kier molecular flexibility index (Phi) is 2.09. The van der Waals surface area contributed by atoms with Gasteiger partial charge in [0.15, 0.2) is 0 Å². The largest absolute Gasteiger partial charge is 0.352 e. The van der Waals surface area contributed by atoms with Gasteiger partial charge in [0.2, 0.25) is 0 Å². The van der Waals surface area contributed by atoms with Gasteiger partial charge in [0.1, 0.15) is 11.8 Å². The SMILES string of the molecule is O=C1NOCc2nc3c(ccc4c[nH]c(Cl)cc43)c21. The minimum absolute atomic E-state index is 0.253. The number of halogens is 1. The van der Waals surface area contributed by atoms with Crippen LogP contribution in [-0.2, 0) is 11.4 Å². The number of carbonyl (C=O) groups is 1. The number of rotatable bonds is 0. The molecule has 0 unspecified atom stereocenters. The third-order valence-corrected chi connectivity index (χ3v) is 3.51. The zero-order chi connectivity index (χ0) is 13.0. The number of aromatic nitrogens is 2. The molecular weight excluding hydrogens is 266 g/mol. The van der Waals surface area contributed by atoms with E-state index < -0.39 is 0 Å². The summed E-state index contributed by atoms with van der Waals surface area (Å²) in [6.45, 7) is 0.282. The Bertz CT molecular complexity index is 841. The van der Waals surface area contributed by atoms with Crippen molar-refractivity contribution in [3.63, 3.8) is 0 Å². The van der Waals surface area contributed by atoms with E-state index in [1.165, 1.54) is 0 Å². The van der Waals surface area contributed by atoms with E-state index in [4.69, 9.17) is 16.4 Å². The molecule has 2 aromatic heterocycles. The van der Waals surface area contributed by atoms with E-state index in [9.17, 15) is 4.79 Å². The highest BCUT2D eigenvalue weighted by atomic mass is 35.5. The number of hydrogen-bond donors (Lipinski definition) is 2. The number of benzene rings is 1. The van der Waals surface area contributed by atoms with Crippen molar-refractivity contribution in [1.29, 1.82) is 0 Å². The third-order valence-electron chi connectivity index (χ3n) is 3.29. The summed E-state index contributed by atoms with van der Waals surface area (Å²) in [6.07, 6.45) is 1.82.